The van der Waals surface area contributed by atoms with Crippen LogP contribution in [0.25, 0.3) is 0 Å². The molecule has 8 atom stereocenters. The molecule has 9 aliphatic rings. The summed E-state index contributed by atoms with van der Waals surface area (Å²) in [5.74, 6) is -0.252. The number of carbonyl (C=O) groups is 2. The zero-order chi connectivity index (χ0) is 35.9. The van der Waals surface area contributed by atoms with Gasteiger partial charge >= 0.3 is 11.9 Å². The van der Waals surface area contributed by atoms with Crippen molar-refractivity contribution >= 4 is 23.3 Å². The molecule has 0 bridgehead atoms. The van der Waals surface area contributed by atoms with Crippen LogP contribution in [0.2, 0.25) is 0 Å². The number of ether oxygens (including phenoxy) is 3. The summed E-state index contributed by atoms with van der Waals surface area (Å²) >= 11 is 0. The lowest BCUT2D eigenvalue weighted by Gasteiger charge is -2.59. The van der Waals surface area contributed by atoms with E-state index in [1.165, 1.54) is 31.0 Å². The third kappa shape index (κ3) is 3.80. The average Bonchev–Trinajstić information content (AvgIpc) is 4.01. The van der Waals surface area contributed by atoms with Crippen molar-refractivity contribution in [2.45, 2.75) is 80.4 Å². The van der Waals surface area contributed by atoms with Crippen LogP contribution in [0, 0.1) is 16.7 Å². The first-order chi connectivity index (χ1) is 25.8. The molecule has 4 fully saturated rings. The highest BCUT2D eigenvalue weighted by Crippen LogP contribution is 2.69. The number of fused-ring (bicyclic) bond motifs is 2. The molecule has 2 aromatic carbocycles. The molecule has 7 heterocycles. The summed E-state index contributed by atoms with van der Waals surface area (Å²) in [5, 5.41) is 18.1. The zero-order valence-corrected chi connectivity index (χ0v) is 30.6. The molecule has 7 aliphatic heterocycles. The van der Waals surface area contributed by atoms with Crippen molar-refractivity contribution in [3.8, 4) is 0 Å². The Morgan fingerprint density at radius 1 is 0.868 bits per heavy atom. The van der Waals surface area contributed by atoms with Crippen LogP contribution in [-0.4, -0.2) is 92.1 Å². The molecule has 0 radical (unpaired) electrons. The fourth-order valence-electron chi connectivity index (χ4n) is 14.1. The van der Waals surface area contributed by atoms with Crippen molar-refractivity contribution in [2.24, 2.45) is 16.7 Å². The minimum absolute atomic E-state index is 0.0101. The molecule has 53 heavy (non-hydrogen) atoms. The third-order valence-corrected chi connectivity index (χ3v) is 15.5. The predicted octanol–water partition coefficient (Wildman–Crippen LogP) is 4.98. The van der Waals surface area contributed by atoms with Crippen molar-refractivity contribution in [3.05, 3.63) is 94.0 Å². The number of nitrogens with one attached hydrogen (secondary N) is 2. The van der Waals surface area contributed by atoms with E-state index >= 15 is 0 Å². The Labute approximate surface area is 310 Å². The lowest BCUT2D eigenvalue weighted by molar-refractivity contribution is -0.139. The zero-order valence-electron chi connectivity index (χ0n) is 30.6. The Balaban J connectivity index is 0.996. The number of benzene rings is 2. The van der Waals surface area contributed by atoms with Gasteiger partial charge in [-0.25, -0.2) is 9.59 Å². The van der Waals surface area contributed by atoms with Gasteiger partial charge < -0.3 is 34.9 Å². The summed E-state index contributed by atoms with van der Waals surface area (Å²) in [5.41, 5.74) is 8.48. The van der Waals surface area contributed by atoms with E-state index in [4.69, 9.17) is 14.2 Å². The lowest BCUT2D eigenvalue weighted by atomic mass is 9.51. The maximum Gasteiger partial charge on any atom is 0.335 e. The van der Waals surface area contributed by atoms with Crippen molar-refractivity contribution in [2.75, 3.05) is 57.7 Å². The average molecular weight is 717 g/mol. The van der Waals surface area contributed by atoms with E-state index < -0.39 is 0 Å². The first-order valence-corrected chi connectivity index (χ1v) is 19.6. The van der Waals surface area contributed by atoms with Gasteiger partial charge in [-0.3, -0.25) is 4.90 Å². The first-order valence-electron chi connectivity index (χ1n) is 19.6. The molecule has 0 amide bonds. The van der Waals surface area contributed by atoms with Crippen molar-refractivity contribution in [1.29, 1.82) is 0 Å². The standard InChI is InChI=1S/C43H48N4O6/c1-51-36(49)27-22-40(15-19-48)12-11-26(47-18-14-42(38(40)47)29-7-3-5-9-31(29)44-33(27)42)21-25-24-46-17-13-43-30-8-4-6-10-32(30)45-34(43)28(37(50)52-2)23-41(39(43)46)16-20-53-35(25)41/h3-11,25,35,38-39,44-45,48H,12-24H2,1-2H3. The number of rotatable bonds is 6. The highest BCUT2D eigenvalue weighted by atomic mass is 16.5. The van der Waals surface area contributed by atoms with Gasteiger partial charge in [0, 0.05) is 77.6 Å². The number of aliphatic hydroxyl groups excluding tert-OH is 1. The Morgan fingerprint density at radius 3 is 2.19 bits per heavy atom. The Hall–Kier alpha value is -4.12. The molecular weight excluding hydrogens is 668 g/mol. The fraction of sp³-hybridized carbons (Fsp3) is 0.535. The Morgan fingerprint density at radius 2 is 1.51 bits per heavy atom. The number of anilines is 2. The number of esters is 2. The van der Waals surface area contributed by atoms with Crippen molar-refractivity contribution in [1.82, 2.24) is 9.80 Å². The number of hydrogen-bond acceptors (Lipinski definition) is 10. The number of piperidine rings is 1. The van der Waals surface area contributed by atoms with Crippen LogP contribution in [0.5, 0.6) is 0 Å². The van der Waals surface area contributed by atoms with E-state index in [9.17, 15) is 14.7 Å². The number of carbonyl (C=O) groups excluding carboxylic acids is 2. The third-order valence-electron chi connectivity index (χ3n) is 15.5. The Kier molecular flexibility index (Phi) is 6.70. The van der Waals surface area contributed by atoms with Crippen LogP contribution in [-0.2, 0) is 34.6 Å². The van der Waals surface area contributed by atoms with Gasteiger partial charge in [-0.15, -0.1) is 0 Å². The number of nitrogens with zero attached hydrogens (tertiary/aromatic N) is 2. The highest BCUT2D eigenvalue weighted by Gasteiger charge is 2.72. The van der Waals surface area contributed by atoms with Gasteiger partial charge in [0.1, 0.15) is 0 Å². The second-order valence-corrected chi connectivity index (χ2v) is 17.3. The molecular formula is C43H48N4O6. The summed E-state index contributed by atoms with van der Waals surface area (Å²) < 4.78 is 17.9. The van der Waals surface area contributed by atoms with Gasteiger partial charge in [-0.05, 0) is 81.2 Å². The van der Waals surface area contributed by atoms with Crippen LogP contribution in [0.3, 0.4) is 0 Å². The van der Waals surface area contributed by atoms with Gasteiger partial charge in [-0.1, -0.05) is 42.5 Å². The maximum absolute atomic E-state index is 13.7. The van der Waals surface area contributed by atoms with Crippen LogP contribution in [0.1, 0.15) is 62.5 Å². The number of methoxy groups -OCH3 is 2. The van der Waals surface area contributed by atoms with E-state index in [1.807, 2.05) is 0 Å². The molecule has 11 rings (SSSR count). The summed E-state index contributed by atoms with van der Waals surface area (Å²) in [4.78, 5) is 32.7. The van der Waals surface area contributed by atoms with Gasteiger partial charge in [0.2, 0.25) is 0 Å². The lowest BCUT2D eigenvalue weighted by Crippen LogP contribution is -2.66. The second kappa shape index (κ2) is 11.0. The molecule has 10 heteroatoms. The van der Waals surface area contributed by atoms with Gasteiger partial charge in [-0.2, -0.15) is 0 Å². The monoisotopic (exact) mass is 716 g/mol. The largest absolute Gasteiger partial charge is 0.466 e. The van der Waals surface area contributed by atoms with E-state index in [0.717, 1.165) is 85.7 Å². The topological polar surface area (TPSA) is 113 Å². The van der Waals surface area contributed by atoms with Crippen LogP contribution < -0.4 is 10.6 Å². The Bertz CT molecular complexity index is 2080. The molecule has 10 nitrogen and oxygen atoms in total. The van der Waals surface area contributed by atoms with E-state index in [-0.39, 0.29) is 64.3 Å². The van der Waals surface area contributed by atoms with E-state index in [1.54, 1.807) is 0 Å². The van der Waals surface area contributed by atoms with Crippen molar-refractivity contribution < 1.29 is 28.9 Å². The quantitative estimate of drug-likeness (QED) is 0.355. The number of para-hydroxylation sites is 2. The molecule has 2 aliphatic carbocycles. The smallest absolute Gasteiger partial charge is 0.335 e. The summed E-state index contributed by atoms with van der Waals surface area (Å²) in [7, 11) is 2.98. The normalized spacial score (nSPS) is 38.1. The molecule has 0 aromatic heterocycles. The SMILES string of the molecule is COC(=O)C1=C2Nc3ccccc3C23CCN2C(CC4CN5CCC67C(=C(C(=O)OC)CC8(CCOC48)C56)Nc4ccccc47)=CCC(CCO)(C1)C23. The molecule has 2 aromatic rings. The van der Waals surface area contributed by atoms with Crippen LogP contribution in [0.4, 0.5) is 11.4 Å². The minimum Gasteiger partial charge on any atom is -0.466 e. The minimum atomic E-state index is -0.389. The molecule has 8 unspecified atom stereocenters. The second-order valence-electron chi connectivity index (χ2n) is 17.3. The summed E-state index contributed by atoms with van der Waals surface area (Å²) in [6.07, 6.45) is 8.75. The molecule has 4 saturated heterocycles. The van der Waals surface area contributed by atoms with E-state index in [0.29, 0.717) is 25.9 Å². The first kappa shape index (κ1) is 32.3. The van der Waals surface area contributed by atoms with Gasteiger partial charge in [0.15, 0.2) is 0 Å². The number of hydrogen-bond donors (Lipinski definition) is 3. The highest BCUT2D eigenvalue weighted by molar-refractivity contribution is 5.94. The van der Waals surface area contributed by atoms with E-state index in [2.05, 4.69) is 75.0 Å². The molecule has 3 N–H and O–H groups in total. The summed E-state index contributed by atoms with van der Waals surface area (Å²) in [6, 6.07) is 17.5. The van der Waals surface area contributed by atoms with Crippen LogP contribution in [0.15, 0.2) is 82.8 Å². The molecule has 3 spiro atoms. The summed E-state index contributed by atoms with van der Waals surface area (Å²) in [6.45, 7) is 3.56. The van der Waals surface area contributed by atoms with Crippen LogP contribution >= 0.6 is 0 Å². The van der Waals surface area contributed by atoms with Crippen molar-refractivity contribution in [3.63, 3.8) is 0 Å². The predicted molar refractivity (Wildman–Crippen MR) is 198 cm³/mol. The maximum atomic E-state index is 13.7. The molecule has 276 valence electrons. The fourth-order valence-corrected chi connectivity index (χ4v) is 14.1. The number of aliphatic hydroxyl groups is 1. The number of allylic oxidation sites excluding steroid dienone is 2. The molecule has 0 saturated carbocycles. The van der Waals surface area contributed by atoms with Gasteiger partial charge in [0.25, 0.3) is 0 Å². The van der Waals surface area contributed by atoms with Gasteiger partial charge in [0.05, 0.1) is 48.3 Å².